The van der Waals surface area contributed by atoms with Crippen LogP contribution in [0.5, 0.6) is 5.75 Å². The van der Waals surface area contributed by atoms with Crippen molar-refractivity contribution >= 4 is 18.1 Å². The molecule has 2 aromatic carbocycles. The molecule has 1 aliphatic rings. The van der Waals surface area contributed by atoms with Crippen LogP contribution in [-0.4, -0.2) is 16.7 Å². The highest BCUT2D eigenvalue weighted by Gasteiger charge is 2.41. The van der Waals surface area contributed by atoms with Crippen molar-refractivity contribution in [3.63, 3.8) is 0 Å². The summed E-state index contributed by atoms with van der Waals surface area (Å²) in [7, 11) is 3.31. The van der Waals surface area contributed by atoms with Gasteiger partial charge in [0.05, 0.1) is 12.8 Å². The molecule has 5 heteroatoms. The second-order valence-corrected chi connectivity index (χ2v) is 7.17. The maximum absolute atomic E-state index is 12.0. The monoisotopic (exact) mass is 373 g/mol. The molecule has 2 atom stereocenters. The lowest BCUT2D eigenvalue weighted by Crippen LogP contribution is -2.21. The zero-order valence-electron chi connectivity index (χ0n) is 16.0. The van der Waals surface area contributed by atoms with Gasteiger partial charge in [-0.25, -0.2) is 4.98 Å². The number of rotatable bonds is 5. The van der Waals surface area contributed by atoms with Crippen LogP contribution < -0.4 is 16.0 Å². The Bertz CT molecular complexity index is 1100. The lowest BCUT2D eigenvalue weighted by atomic mass is 10.0. The van der Waals surface area contributed by atoms with Gasteiger partial charge < -0.3 is 10.5 Å². The minimum atomic E-state index is -0.108. The molecule has 1 saturated carbocycles. The summed E-state index contributed by atoms with van der Waals surface area (Å²) in [4.78, 5) is 16.4. The van der Waals surface area contributed by atoms with E-state index in [1.807, 2.05) is 24.3 Å². The molecular formula is C23H23N3O2. The van der Waals surface area contributed by atoms with Gasteiger partial charge in [0.25, 0.3) is 5.56 Å². The average Bonchev–Trinajstić information content (AvgIpc) is 3.51. The van der Waals surface area contributed by atoms with E-state index in [0.717, 1.165) is 29.0 Å². The third-order valence-electron chi connectivity index (χ3n) is 5.26. The van der Waals surface area contributed by atoms with Crippen LogP contribution in [0.4, 0.5) is 5.95 Å². The molecule has 1 fully saturated rings. The first-order chi connectivity index (χ1) is 13.5. The number of methoxy groups -OCH3 is 1. The molecule has 142 valence electrons. The standard InChI is InChI=1S/C23H23N3O2/c1-26-22(27)14-21(25-23(26)24)20-13-19(20)17-7-3-5-15(11-17)9-10-16-6-4-8-18(12-16)28-2/h3-12,14,19-20H,13H2,1-2H3,(H2,24,25)/b10-9+/t19-,20-/m0/s1. The molecule has 0 bridgehead atoms. The Balaban J connectivity index is 1.52. The van der Waals surface area contributed by atoms with Crippen LogP contribution in [0.3, 0.4) is 0 Å². The molecule has 0 radical (unpaired) electrons. The van der Waals surface area contributed by atoms with Crippen molar-refractivity contribution < 1.29 is 4.74 Å². The van der Waals surface area contributed by atoms with Crippen LogP contribution in [0.15, 0.2) is 59.4 Å². The van der Waals surface area contributed by atoms with E-state index in [2.05, 4.69) is 41.4 Å². The van der Waals surface area contributed by atoms with Crippen LogP contribution in [0.25, 0.3) is 12.2 Å². The molecule has 0 aliphatic heterocycles. The Morgan fingerprint density at radius 3 is 2.50 bits per heavy atom. The summed E-state index contributed by atoms with van der Waals surface area (Å²) < 4.78 is 6.64. The molecular weight excluding hydrogens is 350 g/mol. The van der Waals surface area contributed by atoms with Crippen LogP contribution in [0.1, 0.15) is 40.6 Å². The first kappa shape index (κ1) is 18.0. The highest BCUT2D eigenvalue weighted by molar-refractivity contribution is 5.70. The molecule has 0 spiro atoms. The summed E-state index contributed by atoms with van der Waals surface area (Å²) in [6.07, 6.45) is 5.17. The van der Waals surface area contributed by atoms with Gasteiger partial charge in [0.15, 0.2) is 0 Å². The molecule has 1 heterocycles. The van der Waals surface area contributed by atoms with Gasteiger partial charge >= 0.3 is 0 Å². The van der Waals surface area contributed by atoms with Crippen molar-refractivity contribution in [3.8, 4) is 5.75 Å². The van der Waals surface area contributed by atoms with E-state index in [9.17, 15) is 4.79 Å². The molecule has 3 aromatic rings. The van der Waals surface area contributed by atoms with Crippen LogP contribution in [-0.2, 0) is 7.05 Å². The van der Waals surface area contributed by atoms with E-state index >= 15 is 0 Å². The minimum absolute atomic E-state index is 0.108. The Labute approximate surface area is 164 Å². The van der Waals surface area contributed by atoms with Crippen molar-refractivity contribution in [2.75, 3.05) is 12.8 Å². The highest BCUT2D eigenvalue weighted by Crippen LogP contribution is 2.54. The highest BCUT2D eigenvalue weighted by atomic mass is 16.5. The molecule has 2 N–H and O–H groups in total. The zero-order valence-corrected chi connectivity index (χ0v) is 16.0. The normalized spacial score (nSPS) is 18.4. The van der Waals surface area contributed by atoms with Gasteiger partial charge in [-0.2, -0.15) is 0 Å². The van der Waals surface area contributed by atoms with Gasteiger partial charge in [-0.05, 0) is 41.2 Å². The summed E-state index contributed by atoms with van der Waals surface area (Å²) in [6.45, 7) is 0. The number of benzene rings is 2. The summed E-state index contributed by atoms with van der Waals surface area (Å²) >= 11 is 0. The predicted octanol–water partition coefficient (Wildman–Crippen LogP) is 3.81. The fourth-order valence-electron chi connectivity index (χ4n) is 3.49. The Morgan fingerprint density at radius 2 is 1.79 bits per heavy atom. The number of hydrogen-bond donors (Lipinski definition) is 1. The molecule has 4 rings (SSSR count). The Hall–Kier alpha value is -3.34. The third-order valence-corrected chi connectivity index (χ3v) is 5.26. The van der Waals surface area contributed by atoms with Gasteiger partial charge in [-0.1, -0.05) is 48.6 Å². The lowest BCUT2D eigenvalue weighted by Gasteiger charge is -2.06. The molecule has 1 aliphatic carbocycles. The van der Waals surface area contributed by atoms with Crippen molar-refractivity contribution in [2.24, 2.45) is 7.05 Å². The number of hydrogen-bond acceptors (Lipinski definition) is 4. The fraction of sp³-hybridized carbons (Fsp3) is 0.217. The number of nitrogens with zero attached hydrogens (tertiary/aromatic N) is 2. The van der Waals surface area contributed by atoms with Gasteiger partial charge in [-0.3, -0.25) is 9.36 Å². The Kier molecular flexibility index (Phi) is 4.74. The first-order valence-electron chi connectivity index (χ1n) is 9.30. The molecule has 28 heavy (non-hydrogen) atoms. The van der Waals surface area contributed by atoms with Gasteiger partial charge in [0, 0.05) is 19.0 Å². The molecule has 0 amide bonds. The summed E-state index contributed by atoms with van der Waals surface area (Å²) in [5.74, 6) is 1.75. The third kappa shape index (κ3) is 3.69. The lowest BCUT2D eigenvalue weighted by molar-refractivity contribution is 0.414. The SMILES string of the molecule is COc1cccc(/C=C/c2cccc([C@@H]3C[C@@H]3c3cc(=O)n(C)c(N)n3)c2)c1. The fourth-order valence-corrected chi connectivity index (χ4v) is 3.49. The van der Waals surface area contributed by atoms with Crippen molar-refractivity contribution in [1.82, 2.24) is 9.55 Å². The average molecular weight is 373 g/mol. The molecule has 0 unspecified atom stereocenters. The number of nitrogen functional groups attached to an aromatic ring is 1. The molecule has 1 aromatic heterocycles. The van der Waals surface area contributed by atoms with Crippen molar-refractivity contribution in [2.45, 2.75) is 18.3 Å². The van der Waals surface area contributed by atoms with E-state index in [-0.39, 0.29) is 17.4 Å². The minimum Gasteiger partial charge on any atom is -0.497 e. The van der Waals surface area contributed by atoms with E-state index in [0.29, 0.717) is 5.92 Å². The second kappa shape index (κ2) is 7.35. The number of anilines is 1. The van der Waals surface area contributed by atoms with Crippen LogP contribution in [0.2, 0.25) is 0 Å². The maximum atomic E-state index is 12.0. The first-order valence-corrected chi connectivity index (χ1v) is 9.30. The largest absolute Gasteiger partial charge is 0.497 e. The second-order valence-electron chi connectivity index (χ2n) is 7.17. The van der Waals surface area contributed by atoms with Gasteiger partial charge in [0.2, 0.25) is 5.95 Å². The molecule has 0 saturated heterocycles. The number of aromatic nitrogens is 2. The van der Waals surface area contributed by atoms with Crippen LogP contribution >= 0.6 is 0 Å². The number of ether oxygens (including phenoxy) is 1. The predicted molar refractivity (Wildman–Crippen MR) is 112 cm³/mol. The van der Waals surface area contributed by atoms with Crippen molar-refractivity contribution in [3.05, 3.63) is 87.3 Å². The smallest absolute Gasteiger partial charge is 0.254 e. The van der Waals surface area contributed by atoms with E-state index in [4.69, 9.17) is 10.5 Å². The van der Waals surface area contributed by atoms with E-state index < -0.39 is 0 Å². The maximum Gasteiger partial charge on any atom is 0.254 e. The number of nitrogens with two attached hydrogens (primary N) is 1. The summed E-state index contributed by atoms with van der Waals surface area (Å²) in [6, 6.07) is 18.1. The summed E-state index contributed by atoms with van der Waals surface area (Å²) in [5.41, 5.74) is 10.0. The molecule has 5 nitrogen and oxygen atoms in total. The van der Waals surface area contributed by atoms with E-state index in [1.54, 1.807) is 20.2 Å². The van der Waals surface area contributed by atoms with Crippen LogP contribution in [0, 0.1) is 0 Å². The van der Waals surface area contributed by atoms with Gasteiger partial charge in [-0.15, -0.1) is 0 Å². The summed E-state index contributed by atoms with van der Waals surface area (Å²) in [5, 5.41) is 0. The van der Waals surface area contributed by atoms with E-state index in [1.165, 1.54) is 10.1 Å². The quantitative estimate of drug-likeness (QED) is 0.691. The zero-order chi connectivity index (χ0) is 19.7. The topological polar surface area (TPSA) is 70.1 Å². The van der Waals surface area contributed by atoms with Crippen molar-refractivity contribution in [1.29, 1.82) is 0 Å². The van der Waals surface area contributed by atoms with Gasteiger partial charge in [0.1, 0.15) is 5.75 Å². The Morgan fingerprint density at radius 1 is 1.07 bits per heavy atom.